The molecule has 20 heavy (non-hydrogen) atoms. The largest absolute Gasteiger partial charge is 0.341 e. The Morgan fingerprint density at radius 3 is 2.35 bits per heavy atom. The van der Waals surface area contributed by atoms with E-state index in [1.807, 2.05) is 0 Å². The zero-order valence-corrected chi connectivity index (χ0v) is 12.6. The van der Waals surface area contributed by atoms with Gasteiger partial charge in [0.2, 0.25) is 10.0 Å². The number of amides is 2. The number of halogens is 1. The topological polar surface area (TPSA) is 69.7 Å². The van der Waals surface area contributed by atoms with Gasteiger partial charge in [0.25, 0.3) is 0 Å². The zero-order chi connectivity index (χ0) is 14.8. The fourth-order valence-corrected chi connectivity index (χ4v) is 4.00. The summed E-state index contributed by atoms with van der Waals surface area (Å²) >= 11 is 5.95. The van der Waals surface area contributed by atoms with Gasteiger partial charge in [0, 0.05) is 33.2 Å². The van der Waals surface area contributed by atoms with Crippen LogP contribution in [0.4, 0.5) is 4.79 Å². The molecule has 1 aromatic carbocycles. The third-order valence-electron chi connectivity index (χ3n) is 3.19. The molecule has 0 bridgehead atoms. The van der Waals surface area contributed by atoms with Crippen LogP contribution in [0.25, 0.3) is 0 Å². The van der Waals surface area contributed by atoms with Crippen molar-refractivity contribution in [1.29, 1.82) is 0 Å². The Balaban J connectivity index is 2.14. The zero-order valence-electron chi connectivity index (χ0n) is 11.0. The summed E-state index contributed by atoms with van der Waals surface area (Å²) in [7, 11) is -2.05. The molecule has 0 atom stereocenters. The molecule has 1 aliphatic rings. The van der Waals surface area contributed by atoms with Crippen LogP contribution < -0.4 is 5.32 Å². The van der Waals surface area contributed by atoms with Gasteiger partial charge in [-0.15, -0.1) is 0 Å². The summed E-state index contributed by atoms with van der Waals surface area (Å²) in [5.41, 5.74) is 0. The van der Waals surface area contributed by atoms with Gasteiger partial charge in [0.15, 0.2) is 0 Å². The van der Waals surface area contributed by atoms with E-state index in [4.69, 9.17) is 11.6 Å². The van der Waals surface area contributed by atoms with E-state index in [1.54, 1.807) is 30.1 Å². The lowest BCUT2D eigenvalue weighted by molar-refractivity contribution is 0.174. The Hall–Kier alpha value is -1.31. The van der Waals surface area contributed by atoms with E-state index in [1.165, 1.54) is 10.4 Å². The highest BCUT2D eigenvalue weighted by atomic mass is 35.5. The van der Waals surface area contributed by atoms with Crippen LogP contribution in [-0.4, -0.2) is 56.9 Å². The second-order valence-electron chi connectivity index (χ2n) is 4.38. The normalized spacial score (nSPS) is 17.0. The molecule has 0 aliphatic carbocycles. The summed E-state index contributed by atoms with van der Waals surface area (Å²) in [6, 6.07) is 6.17. The first-order valence-electron chi connectivity index (χ1n) is 6.18. The summed E-state index contributed by atoms with van der Waals surface area (Å²) in [6.45, 7) is 1.26. The molecule has 6 nitrogen and oxygen atoms in total. The number of sulfonamides is 1. The third-order valence-corrected chi connectivity index (χ3v) is 5.59. The lowest BCUT2D eigenvalue weighted by Crippen LogP contribution is -2.52. The smallest absolute Gasteiger partial charge is 0.317 e. The van der Waals surface area contributed by atoms with E-state index in [2.05, 4.69) is 5.32 Å². The molecule has 1 heterocycles. The number of urea groups is 1. The number of rotatable bonds is 2. The fraction of sp³-hybridized carbons (Fsp3) is 0.417. The minimum atomic E-state index is -3.61. The second kappa shape index (κ2) is 5.99. The van der Waals surface area contributed by atoms with E-state index in [-0.39, 0.29) is 29.0 Å². The van der Waals surface area contributed by atoms with Gasteiger partial charge < -0.3 is 10.2 Å². The lowest BCUT2D eigenvalue weighted by atomic mass is 10.4. The van der Waals surface area contributed by atoms with Crippen molar-refractivity contribution in [2.45, 2.75) is 4.90 Å². The molecule has 110 valence electrons. The summed E-state index contributed by atoms with van der Waals surface area (Å²) in [4.78, 5) is 13.2. The molecule has 8 heteroatoms. The van der Waals surface area contributed by atoms with Crippen LogP contribution in [0.1, 0.15) is 0 Å². The minimum Gasteiger partial charge on any atom is -0.341 e. The first kappa shape index (κ1) is 15.1. The molecule has 1 saturated heterocycles. The van der Waals surface area contributed by atoms with Crippen molar-refractivity contribution < 1.29 is 13.2 Å². The molecule has 1 aliphatic heterocycles. The van der Waals surface area contributed by atoms with Crippen LogP contribution in [0, 0.1) is 0 Å². The minimum absolute atomic E-state index is 0.107. The van der Waals surface area contributed by atoms with E-state index in [0.29, 0.717) is 13.1 Å². The summed E-state index contributed by atoms with van der Waals surface area (Å²) < 4.78 is 26.3. The average molecular weight is 318 g/mol. The number of carbonyl (C=O) groups excluding carboxylic acids is 1. The Labute approximate surface area is 123 Å². The SMILES string of the molecule is CNC(=O)N1CCN(S(=O)(=O)c2ccccc2Cl)CC1. The number of hydrogen-bond acceptors (Lipinski definition) is 3. The van der Waals surface area contributed by atoms with E-state index in [9.17, 15) is 13.2 Å². The van der Waals surface area contributed by atoms with Crippen LogP contribution in [0.15, 0.2) is 29.2 Å². The predicted octanol–water partition coefficient (Wildman–Crippen LogP) is 0.986. The van der Waals surface area contributed by atoms with Gasteiger partial charge in [-0.05, 0) is 12.1 Å². The van der Waals surface area contributed by atoms with Crippen LogP contribution >= 0.6 is 11.6 Å². The molecule has 0 radical (unpaired) electrons. The summed E-state index contributed by atoms with van der Waals surface area (Å²) in [5.74, 6) is 0. The summed E-state index contributed by atoms with van der Waals surface area (Å²) in [5, 5.41) is 2.74. The van der Waals surface area contributed by atoms with Gasteiger partial charge >= 0.3 is 6.03 Å². The maximum atomic E-state index is 12.5. The van der Waals surface area contributed by atoms with Crippen LogP contribution in [0.5, 0.6) is 0 Å². The highest BCUT2D eigenvalue weighted by molar-refractivity contribution is 7.89. The monoisotopic (exact) mass is 317 g/mol. The van der Waals surface area contributed by atoms with Crippen molar-refractivity contribution in [1.82, 2.24) is 14.5 Å². The number of piperazine rings is 1. The number of nitrogens with one attached hydrogen (secondary N) is 1. The molecule has 0 saturated carbocycles. The molecule has 1 aromatic rings. The first-order valence-corrected chi connectivity index (χ1v) is 8.00. The highest BCUT2D eigenvalue weighted by Gasteiger charge is 2.30. The van der Waals surface area contributed by atoms with Crippen LogP contribution in [-0.2, 0) is 10.0 Å². The number of nitrogens with zero attached hydrogens (tertiary/aromatic N) is 2. The van der Waals surface area contributed by atoms with Crippen molar-refractivity contribution in [3.05, 3.63) is 29.3 Å². The maximum Gasteiger partial charge on any atom is 0.317 e. The first-order chi connectivity index (χ1) is 9.46. The molecular formula is C12H16ClN3O3S. The molecular weight excluding hydrogens is 302 g/mol. The standard InChI is InChI=1S/C12H16ClN3O3S/c1-14-12(17)15-6-8-16(9-7-15)20(18,19)11-5-3-2-4-10(11)13/h2-5H,6-9H2,1H3,(H,14,17). The van der Waals surface area contributed by atoms with Crippen molar-refractivity contribution in [3.63, 3.8) is 0 Å². The Morgan fingerprint density at radius 2 is 1.80 bits per heavy atom. The molecule has 1 N–H and O–H groups in total. The molecule has 2 amide bonds. The van der Waals surface area contributed by atoms with Gasteiger partial charge in [-0.2, -0.15) is 4.31 Å². The molecule has 0 aromatic heterocycles. The van der Waals surface area contributed by atoms with Crippen molar-refractivity contribution >= 4 is 27.7 Å². The second-order valence-corrected chi connectivity index (χ2v) is 6.69. The van der Waals surface area contributed by atoms with E-state index < -0.39 is 10.0 Å². The van der Waals surface area contributed by atoms with Gasteiger partial charge in [-0.1, -0.05) is 23.7 Å². The average Bonchev–Trinajstić information content (AvgIpc) is 2.47. The van der Waals surface area contributed by atoms with Gasteiger partial charge in [-0.25, -0.2) is 13.2 Å². The highest BCUT2D eigenvalue weighted by Crippen LogP contribution is 2.24. The van der Waals surface area contributed by atoms with Gasteiger partial charge in [0.05, 0.1) is 5.02 Å². The van der Waals surface area contributed by atoms with Crippen molar-refractivity contribution in [3.8, 4) is 0 Å². The summed E-state index contributed by atoms with van der Waals surface area (Å²) in [6.07, 6.45) is 0. The van der Waals surface area contributed by atoms with Crippen molar-refractivity contribution in [2.75, 3.05) is 33.2 Å². The molecule has 0 unspecified atom stereocenters. The molecule has 1 fully saturated rings. The van der Waals surface area contributed by atoms with Crippen LogP contribution in [0.3, 0.4) is 0 Å². The van der Waals surface area contributed by atoms with E-state index >= 15 is 0 Å². The molecule has 0 spiro atoms. The quantitative estimate of drug-likeness (QED) is 0.884. The van der Waals surface area contributed by atoms with Crippen molar-refractivity contribution in [2.24, 2.45) is 0 Å². The number of hydrogen-bond donors (Lipinski definition) is 1. The Morgan fingerprint density at radius 1 is 1.20 bits per heavy atom. The fourth-order valence-electron chi connectivity index (χ4n) is 2.08. The number of carbonyl (C=O) groups is 1. The van der Waals surface area contributed by atoms with Gasteiger partial charge in [0.1, 0.15) is 4.90 Å². The Bertz CT molecular complexity index is 598. The predicted molar refractivity (Wildman–Crippen MR) is 76.2 cm³/mol. The molecule has 2 rings (SSSR count). The van der Waals surface area contributed by atoms with E-state index in [0.717, 1.165) is 0 Å². The van der Waals surface area contributed by atoms with Gasteiger partial charge in [-0.3, -0.25) is 0 Å². The number of benzene rings is 1. The Kier molecular flexibility index (Phi) is 4.52. The third kappa shape index (κ3) is 2.89. The lowest BCUT2D eigenvalue weighted by Gasteiger charge is -2.33. The van der Waals surface area contributed by atoms with Crippen LogP contribution in [0.2, 0.25) is 5.02 Å². The maximum absolute atomic E-state index is 12.5.